The molecule has 64 valence electrons. The zero-order valence-corrected chi connectivity index (χ0v) is 7.85. The minimum absolute atomic E-state index is 0.0543. The van der Waals surface area contributed by atoms with Crippen molar-refractivity contribution in [2.24, 2.45) is 0 Å². The number of allylic oxidation sites excluding steroid dienone is 4. The number of terminal acetylenes is 1. The summed E-state index contributed by atoms with van der Waals surface area (Å²) in [6.45, 7) is 5.45. The van der Waals surface area contributed by atoms with Gasteiger partial charge in [0.25, 0.3) is 0 Å². The summed E-state index contributed by atoms with van der Waals surface area (Å²) < 4.78 is 0. The Morgan fingerprint density at radius 3 is 2.42 bits per heavy atom. The van der Waals surface area contributed by atoms with E-state index < -0.39 is 0 Å². The minimum Gasteiger partial charge on any atom is -0.294 e. The molecule has 0 aliphatic heterocycles. The van der Waals surface area contributed by atoms with Gasteiger partial charge in [-0.25, -0.2) is 0 Å². The van der Waals surface area contributed by atoms with Gasteiger partial charge in [-0.1, -0.05) is 24.5 Å². The Morgan fingerprint density at radius 1 is 1.50 bits per heavy atom. The van der Waals surface area contributed by atoms with E-state index in [0.717, 1.165) is 12.0 Å². The Morgan fingerprint density at radius 2 is 2.08 bits per heavy atom. The van der Waals surface area contributed by atoms with E-state index in [4.69, 9.17) is 6.42 Å². The van der Waals surface area contributed by atoms with E-state index in [1.165, 1.54) is 6.92 Å². The molecular formula is C11H14O. The maximum Gasteiger partial charge on any atom is 0.168 e. The van der Waals surface area contributed by atoms with Crippen molar-refractivity contribution >= 4 is 5.78 Å². The third-order valence-electron chi connectivity index (χ3n) is 1.43. The van der Waals surface area contributed by atoms with Crippen molar-refractivity contribution in [3.8, 4) is 12.3 Å². The molecule has 0 bridgehead atoms. The number of hydrogen-bond acceptors (Lipinski definition) is 1. The molecule has 0 N–H and O–H groups in total. The molecule has 1 heteroatoms. The molecule has 0 aliphatic carbocycles. The lowest BCUT2D eigenvalue weighted by Gasteiger charge is -1.93. The second-order valence-electron chi connectivity index (χ2n) is 2.61. The van der Waals surface area contributed by atoms with Crippen LogP contribution in [0.5, 0.6) is 0 Å². The molecule has 12 heavy (non-hydrogen) atoms. The average molecular weight is 162 g/mol. The number of rotatable bonds is 3. The quantitative estimate of drug-likeness (QED) is 0.354. The van der Waals surface area contributed by atoms with Crippen molar-refractivity contribution in [2.45, 2.75) is 27.2 Å². The number of ketones is 1. The van der Waals surface area contributed by atoms with E-state index in [-0.39, 0.29) is 5.78 Å². The SMILES string of the molecule is C#C/C(=C\C(C)=C/CC)C(C)=O. The van der Waals surface area contributed by atoms with Crippen molar-refractivity contribution < 1.29 is 4.79 Å². The van der Waals surface area contributed by atoms with Crippen LogP contribution in [0.1, 0.15) is 27.2 Å². The zero-order valence-electron chi connectivity index (χ0n) is 7.85. The minimum atomic E-state index is -0.0543. The van der Waals surface area contributed by atoms with Gasteiger partial charge in [0, 0.05) is 0 Å². The number of carbonyl (C=O) groups is 1. The molecule has 0 unspecified atom stereocenters. The first-order chi connectivity index (χ1) is 5.61. The fraction of sp³-hybridized carbons (Fsp3) is 0.364. The fourth-order valence-corrected chi connectivity index (χ4v) is 0.854. The van der Waals surface area contributed by atoms with Crippen LogP contribution < -0.4 is 0 Å². The lowest BCUT2D eigenvalue weighted by atomic mass is 10.1. The summed E-state index contributed by atoms with van der Waals surface area (Å²) in [5.74, 6) is 2.31. The molecule has 0 fully saturated rings. The second kappa shape index (κ2) is 5.37. The topological polar surface area (TPSA) is 17.1 Å². The summed E-state index contributed by atoms with van der Waals surface area (Å²) in [6.07, 6.45) is 9.88. The highest BCUT2D eigenvalue weighted by molar-refractivity contribution is 5.98. The first-order valence-electron chi connectivity index (χ1n) is 3.97. The summed E-state index contributed by atoms with van der Waals surface area (Å²) in [5.41, 5.74) is 1.48. The predicted octanol–water partition coefficient (Wildman–Crippen LogP) is 2.49. The van der Waals surface area contributed by atoms with E-state index in [2.05, 4.69) is 5.92 Å². The molecule has 0 atom stereocenters. The van der Waals surface area contributed by atoms with Crippen molar-refractivity contribution in [3.05, 3.63) is 23.3 Å². The predicted molar refractivity (Wildman–Crippen MR) is 51.6 cm³/mol. The van der Waals surface area contributed by atoms with Crippen LogP contribution in [0.2, 0.25) is 0 Å². The van der Waals surface area contributed by atoms with Crippen molar-refractivity contribution in [2.75, 3.05) is 0 Å². The maximum atomic E-state index is 10.9. The van der Waals surface area contributed by atoms with Gasteiger partial charge in [-0.15, -0.1) is 6.42 Å². The Balaban J connectivity index is 4.64. The van der Waals surface area contributed by atoms with Gasteiger partial charge < -0.3 is 0 Å². The summed E-state index contributed by atoms with van der Waals surface area (Å²) in [5, 5.41) is 0. The molecule has 0 saturated heterocycles. The fourth-order valence-electron chi connectivity index (χ4n) is 0.854. The molecule has 1 nitrogen and oxygen atoms in total. The van der Waals surface area contributed by atoms with Gasteiger partial charge in [0.15, 0.2) is 5.78 Å². The van der Waals surface area contributed by atoms with Gasteiger partial charge in [0.1, 0.15) is 0 Å². The van der Waals surface area contributed by atoms with Gasteiger partial charge >= 0.3 is 0 Å². The van der Waals surface area contributed by atoms with Gasteiger partial charge in [0.2, 0.25) is 0 Å². The molecule has 0 saturated carbocycles. The largest absolute Gasteiger partial charge is 0.294 e. The summed E-state index contributed by atoms with van der Waals surface area (Å²) in [7, 11) is 0. The summed E-state index contributed by atoms with van der Waals surface area (Å²) in [6, 6.07) is 0. The van der Waals surface area contributed by atoms with Crippen LogP contribution in [0.15, 0.2) is 23.3 Å². The van der Waals surface area contributed by atoms with Crippen molar-refractivity contribution in [3.63, 3.8) is 0 Å². The molecule has 0 amide bonds. The highest BCUT2D eigenvalue weighted by Crippen LogP contribution is 2.03. The molecule has 0 aromatic rings. The monoisotopic (exact) mass is 162 g/mol. The van der Waals surface area contributed by atoms with Gasteiger partial charge in [-0.2, -0.15) is 0 Å². The molecule has 0 aromatic heterocycles. The van der Waals surface area contributed by atoms with Gasteiger partial charge in [-0.3, -0.25) is 4.79 Å². The number of hydrogen-bond donors (Lipinski definition) is 0. The van der Waals surface area contributed by atoms with Crippen LogP contribution in [0.25, 0.3) is 0 Å². The van der Waals surface area contributed by atoms with E-state index in [0.29, 0.717) is 5.57 Å². The maximum absolute atomic E-state index is 10.9. The Bertz CT molecular complexity index is 261. The average Bonchev–Trinajstić information content (AvgIpc) is 2.00. The Kier molecular flexibility index (Phi) is 4.79. The standard InChI is InChI=1S/C11H14O/c1-5-7-9(3)8-11(6-2)10(4)12/h2,7-8H,5H2,1,3-4H3/b9-7-,11-8+. The number of Topliss-reactive ketones (excluding diaryl/α,β-unsaturated/α-hetero) is 1. The van der Waals surface area contributed by atoms with Gasteiger partial charge in [0.05, 0.1) is 5.57 Å². The van der Waals surface area contributed by atoms with Crippen molar-refractivity contribution in [1.29, 1.82) is 0 Å². The molecular weight excluding hydrogens is 148 g/mol. The summed E-state index contributed by atoms with van der Waals surface area (Å²) >= 11 is 0. The van der Waals surface area contributed by atoms with E-state index in [1.54, 1.807) is 6.08 Å². The molecule has 0 heterocycles. The van der Waals surface area contributed by atoms with Crippen molar-refractivity contribution in [1.82, 2.24) is 0 Å². The molecule has 0 aliphatic rings. The second-order valence-corrected chi connectivity index (χ2v) is 2.61. The first-order valence-corrected chi connectivity index (χ1v) is 3.97. The third-order valence-corrected chi connectivity index (χ3v) is 1.43. The van der Waals surface area contributed by atoms with Crippen LogP contribution >= 0.6 is 0 Å². The van der Waals surface area contributed by atoms with Crippen LogP contribution in [0.4, 0.5) is 0 Å². The number of carbonyl (C=O) groups excluding carboxylic acids is 1. The van der Waals surface area contributed by atoms with Crippen LogP contribution in [0.3, 0.4) is 0 Å². The lowest BCUT2D eigenvalue weighted by Crippen LogP contribution is -1.93. The van der Waals surface area contributed by atoms with Gasteiger partial charge in [-0.05, 0) is 26.3 Å². The molecule has 0 spiro atoms. The molecule has 0 radical (unpaired) electrons. The van der Waals surface area contributed by atoms with Crippen LogP contribution in [0, 0.1) is 12.3 Å². The normalized spacial score (nSPS) is 12.5. The third kappa shape index (κ3) is 3.78. The highest BCUT2D eigenvalue weighted by atomic mass is 16.1. The summed E-state index contributed by atoms with van der Waals surface area (Å²) in [4.78, 5) is 10.9. The highest BCUT2D eigenvalue weighted by Gasteiger charge is 1.97. The lowest BCUT2D eigenvalue weighted by molar-refractivity contribution is -0.113. The van der Waals surface area contributed by atoms with Crippen LogP contribution in [-0.4, -0.2) is 5.78 Å². The smallest absolute Gasteiger partial charge is 0.168 e. The Labute approximate surface area is 74.2 Å². The van der Waals surface area contributed by atoms with E-state index in [1.807, 2.05) is 19.9 Å². The first kappa shape index (κ1) is 10.7. The van der Waals surface area contributed by atoms with E-state index >= 15 is 0 Å². The Hall–Kier alpha value is -1.29. The zero-order chi connectivity index (χ0) is 9.56. The van der Waals surface area contributed by atoms with Crippen LogP contribution in [-0.2, 0) is 4.79 Å². The molecule has 0 aromatic carbocycles. The van der Waals surface area contributed by atoms with E-state index in [9.17, 15) is 4.79 Å². The molecule has 0 rings (SSSR count).